The van der Waals surface area contributed by atoms with Gasteiger partial charge in [-0.05, 0) is 17.2 Å². The van der Waals surface area contributed by atoms with E-state index in [-0.39, 0.29) is 0 Å². The largest absolute Gasteiger partial charge is 0.384 e. The fraction of sp³-hybridized carbons (Fsp3) is 0.105. The van der Waals surface area contributed by atoms with Crippen molar-refractivity contribution >= 4 is 0 Å². The number of aliphatic hydroxyl groups excluding tert-OH is 2. The molecule has 3 heteroatoms. The molecule has 110 valence electrons. The molecule has 3 nitrogen and oxygen atoms in total. The van der Waals surface area contributed by atoms with E-state index < -0.39 is 12.2 Å². The molecule has 22 heavy (non-hydrogen) atoms. The highest BCUT2D eigenvalue weighted by Crippen LogP contribution is 2.26. The van der Waals surface area contributed by atoms with Crippen molar-refractivity contribution in [2.24, 2.45) is 0 Å². The SMILES string of the molecule is OC(c1ccccc1)c1cncc(C(O)c2ccccc2)c1. The van der Waals surface area contributed by atoms with Crippen molar-refractivity contribution in [3.8, 4) is 0 Å². The highest BCUT2D eigenvalue weighted by atomic mass is 16.3. The summed E-state index contributed by atoms with van der Waals surface area (Å²) >= 11 is 0. The molecule has 3 rings (SSSR count). The van der Waals surface area contributed by atoms with Crippen molar-refractivity contribution in [1.82, 2.24) is 4.98 Å². The number of aliphatic hydroxyl groups is 2. The number of nitrogens with zero attached hydrogens (tertiary/aromatic N) is 1. The van der Waals surface area contributed by atoms with Crippen molar-refractivity contribution in [1.29, 1.82) is 0 Å². The minimum Gasteiger partial charge on any atom is -0.384 e. The molecule has 3 aromatic rings. The number of rotatable bonds is 4. The predicted octanol–water partition coefficient (Wildman–Crippen LogP) is 3.25. The lowest BCUT2D eigenvalue weighted by Gasteiger charge is -2.15. The number of aromatic nitrogens is 1. The van der Waals surface area contributed by atoms with Gasteiger partial charge in [-0.25, -0.2) is 0 Å². The summed E-state index contributed by atoms with van der Waals surface area (Å²) in [5, 5.41) is 20.9. The Hall–Kier alpha value is -2.49. The van der Waals surface area contributed by atoms with Gasteiger partial charge in [-0.1, -0.05) is 60.7 Å². The lowest BCUT2D eigenvalue weighted by atomic mass is 9.98. The number of hydrogen-bond donors (Lipinski definition) is 2. The van der Waals surface area contributed by atoms with Crippen LogP contribution in [-0.2, 0) is 0 Å². The first-order chi connectivity index (χ1) is 10.8. The van der Waals surface area contributed by atoms with E-state index in [1.807, 2.05) is 60.7 Å². The standard InChI is InChI=1S/C19H17NO2/c21-18(14-7-3-1-4-8-14)16-11-17(13-20-12-16)19(22)15-9-5-2-6-10-15/h1-13,18-19,21-22H. The Morgan fingerprint density at radius 2 is 1.00 bits per heavy atom. The summed E-state index contributed by atoms with van der Waals surface area (Å²) in [5.74, 6) is 0. The maximum atomic E-state index is 10.4. The molecule has 2 unspecified atom stereocenters. The van der Waals surface area contributed by atoms with Gasteiger partial charge in [-0.3, -0.25) is 4.98 Å². The van der Waals surface area contributed by atoms with E-state index in [0.717, 1.165) is 11.1 Å². The summed E-state index contributed by atoms with van der Waals surface area (Å²) in [5.41, 5.74) is 2.93. The smallest absolute Gasteiger partial charge is 0.106 e. The predicted molar refractivity (Wildman–Crippen MR) is 85.2 cm³/mol. The topological polar surface area (TPSA) is 53.4 Å². The first-order valence-electron chi connectivity index (χ1n) is 7.16. The van der Waals surface area contributed by atoms with Gasteiger partial charge in [-0.2, -0.15) is 0 Å². The van der Waals surface area contributed by atoms with Crippen LogP contribution < -0.4 is 0 Å². The van der Waals surface area contributed by atoms with E-state index in [9.17, 15) is 10.2 Å². The van der Waals surface area contributed by atoms with Crippen LogP contribution in [0.5, 0.6) is 0 Å². The second-order valence-electron chi connectivity index (χ2n) is 5.18. The van der Waals surface area contributed by atoms with Crippen molar-refractivity contribution in [3.05, 3.63) is 101 Å². The summed E-state index contributed by atoms with van der Waals surface area (Å²) in [6.45, 7) is 0. The van der Waals surface area contributed by atoms with Gasteiger partial charge in [0, 0.05) is 23.5 Å². The van der Waals surface area contributed by atoms with Gasteiger partial charge in [0.25, 0.3) is 0 Å². The van der Waals surface area contributed by atoms with Crippen LogP contribution in [0.1, 0.15) is 34.5 Å². The number of pyridine rings is 1. The van der Waals surface area contributed by atoms with Crippen LogP contribution in [0.3, 0.4) is 0 Å². The second-order valence-corrected chi connectivity index (χ2v) is 5.18. The van der Waals surface area contributed by atoms with Gasteiger partial charge >= 0.3 is 0 Å². The molecule has 1 heterocycles. The van der Waals surface area contributed by atoms with Crippen LogP contribution in [0.2, 0.25) is 0 Å². The lowest BCUT2D eigenvalue weighted by molar-refractivity contribution is 0.212. The highest BCUT2D eigenvalue weighted by Gasteiger charge is 2.15. The number of hydrogen-bond acceptors (Lipinski definition) is 3. The minimum atomic E-state index is -0.753. The third kappa shape index (κ3) is 3.06. The van der Waals surface area contributed by atoms with Crippen LogP contribution >= 0.6 is 0 Å². The Morgan fingerprint density at radius 3 is 1.41 bits per heavy atom. The molecule has 0 saturated carbocycles. The Morgan fingerprint density at radius 1 is 0.591 bits per heavy atom. The van der Waals surface area contributed by atoms with Gasteiger partial charge in [0.15, 0.2) is 0 Å². The quantitative estimate of drug-likeness (QED) is 0.776. The highest BCUT2D eigenvalue weighted by molar-refractivity contribution is 5.34. The Kier molecular flexibility index (Phi) is 4.28. The van der Waals surface area contributed by atoms with Crippen molar-refractivity contribution in [2.45, 2.75) is 12.2 Å². The first-order valence-corrected chi connectivity index (χ1v) is 7.16. The molecule has 2 atom stereocenters. The fourth-order valence-electron chi connectivity index (χ4n) is 2.43. The maximum absolute atomic E-state index is 10.4. The molecular formula is C19H17NO2. The molecule has 0 aliphatic heterocycles. The zero-order valence-corrected chi connectivity index (χ0v) is 12.0. The molecule has 2 aromatic carbocycles. The van der Waals surface area contributed by atoms with Gasteiger partial charge < -0.3 is 10.2 Å². The van der Waals surface area contributed by atoms with Gasteiger partial charge in [0.2, 0.25) is 0 Å². The van der Waals surface area contributed by atoms with E-state index >= 15 is 0 Å². The first kappa shape index (κ1) is 14.4. The van der Waals surface area contributed by atoms with E-state index in [0.29, 0.717) is 11.1 Å². The Balaban J connectivity index is 1.90. The van der Waals surface area contributed by atoms with Crippen LogP contribution in [0, 0.1) is 0 Å². The van der Waals surface area contributed by atoms with Crippen molar-refractivity contribution < 1.29 is 10.2 Å². The summed E-state index contributed by atoms with van der Waals surface area (Å²) in [4.78, 5) is 4.16. The fourth-order valence-corrected chi connectivity index (χ4v) is 2.43. The molecule has 0 fully saturated rings. The summed E-state index contributed by atoms with van der Waals surface area (Å²) in [6, 6.07) is 20.6. The molecule has 0 aliphatic carbocycles. The zero-order chi connectivity index (χ0) is 15.4. The van der Waals surface area contributed by atoms with E-state index in [1.165, 1.54) is 0 Å². The summed E-state index contributed by atoms with van der Waals surface area (Å²) < 4.78 is 0. The van der Waals surface area contributed by atoms with Gasteiger partial charge in [-0.15, -0.1) is 0 Å². The van der Waals surface area contributed by atoms with Crippen molar-refractivity contribution in [3.63, 3.8) is 0 Å². The molecule has 2 N–H and O–H groups in total. The van der Waals surface area contributed by atoms with Crippen LogP contribution in [0.25, 0.3) is 0 Å². The van der Waals surface area contributed by atoms with E-state index in [4.69, 9.17) is 0 Å². The molecule has 0 radical (unpaired) electrons. The third-order valence-corrected chi connectivity index (χ3v) is 3.64. The molecular weight excluding hydrogens is 274 g/mol. The Bertz CT molecular complexity index is 668. The van der Waals surface area contributed by atoms with Gasteiger partial charge in [0.05, 0.1) is 0 Å². The van der Waals surface area contributed by atoms with Crippen molar-refractivity contribution in [2.75, 3.05) is 0 Å². The number of benzene rings is 2. The third-order valence-electron chi connectivity index (χ3n) is 3.64. The van der Waals surface area contributed by atoms with Gasteiger partial charge in [0.1, 0.15) is 12.2 Å². The molecule has 0 saturated heterocycles. The normalized spacial score (nSPS) is 13.5. The molecule has 0 spiro atoms. The molecule has 0 aliphatic rings. The monoisotopic (exact) mass is 291 g/mol. The Labute approximate surface area is 129 Å². The lowest BCUT2D eigenvalue weighted by Crippen LogP contribution is -2.04. The summed E-state index contributed by atoms with van der Waals surface area (Å²) in [6.07, 6.45) is 1.74. The average molecular weight is 291 g/mol. The van der Waals surface area contributed by atoms with E-state index in [2.05, 4.69) is 4.98 Å². The van der Waals surface area contributed by atoms with E-state index in [1.54, 1.807) is 18.5 Å². The zero-order valence-electron chi connectivity index (χ0n) is 12.0. The molecule has 0 amide bonds. The maximum Gasteiger partial charge on any atom is 0.106 e. The average Bonchev–Trinajstić information content (AvgIpc) is 2.62. The van der Waals surface area contributed by atoms with Crippen LogP contribution in [0.15, 0.2) is 79.1 Å². The van der Waals surface area contributed by atoms with Crippen LogP contribution in [0.4, 0.5) is 0 Å². The molecule has 1 aromatic heterocycles. The molecule has 0 bridgehead atoms. The second kappa shape index (κ2) is 6.52. The minimum absolute atomic E-state index is 0.665. The summed E-state index contributed by atoms with van der Waals surface area (Å²) in [7, 11) is 0. The van der Waals surface area contributed by atoms with Crippen LogP contribution in [-0.4, -0.2) is 15.2 Å².